The number of thioether (sulfide) groups is 1. The van der Waals surface area contributed by atoms with Crippen molar-refractivity contribution in [2.24, 2.45) is 5.73 Å². The normalized spacial score (nSPS) is 12.1. The zero-order valence-electron chi connectivity index (χ0n) is 8.73. The molecule has 0 saturated heterocycles. The van der Waals surface area contributed by atoms with Crippen LogP contribution in [-0.2, 0) is 9.59 Å². The predicted octanol–water partition coefficient (Wildman–Crippen LogP) is 0.210. The van der Waals surface area contributed by atoms with Gasteiger partial charge in [-0.3, -0.25) is 9.59 Å². The fourth-order valence-electron chi connectivity index (χ4n) is 0.845. The van der Waals surface area contributed by atoms with E-state index in [1.807, 2.05) is 6.26 Å². The van der Waals surface area contributed by atoms with Crippen LogP contribution < -0.4 is 11.1 Å². The van der Waals surface area contributed by atoms with Crippen LogP contribution in [0.25, 0.3) is 0 Å². The monoisotopic (exact) mass is 233 g/mol. The number of carboxylic acids is 1. The van der Waals surface area contributed by atoms with Crippen molar-refractivity contribution in [3.8, 4) is 0 Å². The van der Waals surface area contributed by atoms with Crippen LogP contribution in [0.1, 0.15) is 19.3 Å². The number of nitrogens with two attached hydrogens (primary N) is 1. The zero-order valence-corrected chi connectivity index (χ0v) is 9.55. The van der Waals surface area contributed by atoms with Gasteiger partial charge in [-0.05, 0) is 24.9 Å². The van der Waals surface area contributed by atoms with Gasteiger partial charge in [0.25, 0.3) is 0 Å². The molecule has 0 aliphatic rings. The minimum Gasteiger partial charge on any atom is -0.480 e. The average molecular weight is 233 g/mol. The maximum atomic E-state index is 11.1. The predicted molar refractivity (Wildman–Crippen MR) is 60.3 cm³/mol. The number of rotatable bonds is 8. The molecular formula is C9H17N2O3S. The average Bonchev–Trinajstić information content (AvgIpc) is 2.20. The number of carbonyl (C=O) groups excluding carboxylic acids is 1. The van der Waals surface area contributed by atoms with Crippen molar-refractivity contribution in [2.75, 3.05) is 12.0 Å². The molecule has 0 spiro atoms. The maximum absolute atomic E-state index is 11.1. The van der Waals surface area contributed by atoms with Gasteiger partial charge in [0.05, 0.1) is 0 Å². The van der Waals surface area contributed by atoms with Crippen LogP contribution >= 0.6 is 11.8 Å². The zero-order chi connectivity index (χ0) is 11.7. The number of amides is 1. The van der Waals surface area contributed by atoms with Crippen LogP contribution in [0.5, 0.6) is 0 Å². The van der Waals surface area contributed by atoms with Gasteiger partial charge in [-0.2, -0.15) is 11.8 Å². The molecule has 6 heteroatoms. The fourth-order valence-corrected chi connectivity index (χ4v) is 1.20. The molecule has 0 aromatic rings. The van der Waals surface area contributed by atoms with Crippen molar-refractivity contribution in [2.45, 2.75) is 25.3 Å². The Morgan fingerprint density at radius 1 is 1.60 bits per heavy atom. The Morgan fingerprint density at radius 3 is 2.80 bits per heavy atom. The highest BCUT2D eigenvalue weighted by molar-refractivity contribution is 7.98. The summed E-state index contributed by atoms with van der Waals surface area (Å²) in [5, 5.41) is 11.1. The Hall–Kier alpha value is -0.750. The quantitative estimate of drug-likeness (QED) is 0.521. The lowest BCUT2D eigenvalue weighted by molar-refractivity contribution is -0.138. The molecule has 0 aliphatic heterocycles. The third kappa shape index (κ3) is 8.26. The van der Waals surface area contributed by atoms with Gasteiger partial charge in [-0.25, -0.2) is 0 Å². The molecular weight excluding hydrogens is 216 g/mol. The van der Waals surface area contributed by atoms with Crippen molar-refractivity contribution in [3.63, 3.8) is 0 Å². The number of carbonyl (C=O) groups is 2. The van der Waals surface area contributed by atoms with E-state index in [9.17, 15) is 9.59 Å². The first-order valence-corrected chi connectivity index (χ1v) is 6.05. The molecule has 0 heterocycles. The summed E-state index contributed by atoms with van der Waals surface area (Å²) in [6.07, 6.45) is 3.10. The maximum Gasteiger partial charge on any atom is 0.320 e. The van der Waals surface area contributed by atoms with E-state index in [0.717, 1.165) is 12.2 Å². The van der Waals surface area contributed by atoms with Crippen molar-refractivity contribution in [1.29, 1.82) is 0 Å². The molecule has 0 saturated carbocycles. The van der Waals surface area contributed by atoms with Crippen molar-refractivity contribution in [1.82, 2.24) is 5.32 Å². The highest BCUT2D eigenvalue weighted by Crippen LogP contribution is 1.98. The van der Waals surface area contributed by atoms with Crippen LogP contribution in [0.3, 0.4) is 0 Å². The molecule has 4 N–H and O–H groups in total. The number of hydrogen-bond acceptors (Lipinski definition) is 4. The van der Waals surface area contributed by atoms with Crippen molar-refractivity contribution < 1.29 is 14.7 Å². The van der Waals surface area contributed by atoms with Gasteiger partial charge in [-0.1, -0.05) is 0 Å². The SMILES string of the molecule is CSCC[CH]NC(=O)CC[C@H](N)C(=O)O. The van der Waals surface area contributed by atoms with E-state index in [1.165, 1.54) is 0 Å². The number of hydrogen-bond donors (Lipinski definition) is 3. The second-order valence-electron chi connectivity index (χ2n) is 3.04. The van der Waals surface area contributed by atoms with Crippen molar-refractivity contribution >= 4 is 23.6 Å². The number of aliphatic carboxylic acids is 1. The van der Waals surface area contributed by atoms with Crippen LogP contribution in [0.2, 0.25) is 0 Å². The molecule has 1 radical (unpaired) electrons. The van der Waals surface area contributed by atoms with Gasteiger partial charge in [0, 0.05) is 13.0 Å². The minimum absolute atomic E-state index is 0.142. The van der Waals surface area contributed by atoms with Crippen LogP contribution in [0.4, 0.5) is 0 Å². The highest BCUT2D eigenvalue weighted by Gasteiger charge is 2.12. The van der Waals surface area contributed by atoms with Gasteiger partial charge in [-0.15, -0.1) is 0 Å². The summed E-state index contributed by atoms with van der Waals surface area (Å²) in [5.74, 6) is -0.309. The lowest BCUT2D eigenvalue weighted by Gasteiger charge is -2.06. The van der Waals surface area contributed by atoms with Crippen LogP contribution in [0, 0.1) is 6.54 Å². The molecule has 87 valence electrons. The summed E-state index contributed by atoms with van der Waals surface area (Å²) < 4.78 is 0. The second-order valence-corrected chi connectivity index (χ2v) is 4.02. The smallest absolute Gasteiger partial charge is 0.320 e. The van der Waals surface area contributed by atoms with E-state index in [1.54, 1.807) is 18.3 Å². The number of nitrogens with one attached hydrogen (secondary N) is 1. The van der Waals surface area contributed by atoms with E-state index in [2.05, 4.69) is 5.32 Å². The lowest BCUT2D eigenvalue weighted by atomic mass is 10.1. The Labute approximate surface area is 93.8 Å². The molecule has 1 amide bonds. The van der Waals surface area contributed by atoms with E-state index in [4.69, 9.17) is 10.8 Å². The largest absolute Gasteiger partial charge is 0.480 e. The summed E-state index contributed by atoms with van der Waals surface area (Å²) >= 11 is 1.70. The molecule has 0 rings (SSSR count). The first kappa shape index (κ1) is 14.2. The molecule has 15 heavy (non-hydrogen) atoms. The Kier molecular flexibility index (Phi) is 8.12. The Balaban J connectivity index is 3.45. The minimum atomic E-state index is -1.07. The first-order chi connectivity index (χ1) is 7.07. The van der Waals surface area contributed by atoms with Gasteiger partial charge < -0.3 is 16.2 Å². The summed E-state index contributed by atoms with van der Waals surface area (Å²) in [6, 6.07) is -0.957. The molecule has 5 nitrogen and oxygen atoms in total. The molecule has 1 atom stereocenters. The van der Waals surface area contributed by atoms with E-state index < -0.39 is 12.0 Å². The number of carboxylic acid groups (broad SMARTS) is 1. The van der Waals surface area contributed by atoms with E-state index in [-0.39, 0.29) is 18.7 Å². The summed E-state index contributed by atoms with van der Waals surface area (Å²) in [4.78, 5) is 21.5. The fraction of sp³-hybridized carbons (Fsp3) is 0.667. The Morgan fingerprint density at radius 2 is 2.27 bits per heavy atom. The topological polar surface area (TPSA) is 92.4 Å². The van der Waals surface area contributed by atoms with Crippen LogP contribution in [0.15, 0.2) is 0 Å². The summed E-state index contributed by atoms with van der Waals surface area (Å²) in [6.45, 7) is 1.69. The molecule has 0 aromatic heterocycles. The van der Waals surface area contributed by atoms with Crippen LogP contribution in [-0.4, -0.2) is 35.0 Å². The standard InChI is InChI=1S/C9H17N2O3S/c1-15-6-2-5-11-8(12)4-3-7(10)9(13)14/h5,7H,2-4,6,10H2,1H3,(H,11,12)(H,13,14)/t7-/m0/s1. The lowest BCUT2D eigenvalue weighted by Crippen LogP contribution is -2.32. The van der Waals surface area contributed by atoms with Gasteiger partial charge in [0.2, 0.25) is 5.91 Å². The van der Waals surface area contributed by atoms with Gasteiger partial charge >= 0.3 is 5.97 Å². The van der Waals surface area contributed by atoms with E-state index >= 15 is 0 Å². The first-order valence-electron chi connectivity index (χ1n) is 4.66. The van der Waals surface area contributed by atoms with Gasteiger partial charge in [0.15, 0.2) is 0 Å². The molecule has 0 aliphatic carbocycles. The third-order valence-electron chi connectivity index (χ3n) is 1.73. The molecule has 0 unspecified atom stereocenters. The second kappa shape index (κ2) is 8.55. The third-order valence-corrected chi connectivity index (χ3v) is 2.37. The molecule has 0 bridgehead atoms. The van der Waals surface area contributed by atoms with Gasteiger partial charge in [0.1, 0.15) is 6.04 Å². The van der Waals surface area contributed by atoms with E-state index in [0.29, 0.717) is 0 Å². The Bertz CT molecular complexity index is 212. The van der Waals surface area contributed by atoms with Crippen molar-refractivity contribution in [3.05, 3.63) is 6.54 Å². The summed E-state index contributed by atoms with van der Waals surface area (Å²) in [5.41, 5.74) is 5.25. The molecule has 0 aromatic carbocycles. The summed E-state index contributed by atoms with van der Waals surface area (Å²) in [7, 11) is 0. The molecule has 0 fully saturated rings. The highest BCUT2D eigenvalue weighted by atomic mass is 32.2.